The molecule has 0 bridgehead atoms. The van der Waals surface area contributed by atoms with Crippen molar-refractivity contribution in [1.82, 2.24) is 4.90 Å². The molecule has 4 N–H and O–H groups in total. The fourth-order valence-electron chi connectivity index (χ4n) is 3.17. The largest absolute Gasteiger partial charge is 0.330 e. The Labute approximate surface area is 138 Å². The van der Waals surface area contributed by atoms with E-state index in [4.69, 9.17) is 11.5 Å². The van der Waals surface area contributed by atoms with Gasteiger partial charge in [-0.25, -0.2) is 0 Å². The summed E-state index contributed by atoms with van der Waals surface area (Å²) in [5, 5.41) is 0. The molecule has 0 saturated heterocycles. The number of nitrogens with two attached hydrogens (primary N) is 2. The standard InChI is InChI=1S/C17H30N3O3/c18-10-6-2-5-9-16(22)20(11-12-21)17(23)15(19)13-14-7-3-1-4-8-14/h14-15H,1-11,13,18-19H2/t15-/m0/s1. The van der Waals surface area contributed by atoms with Crippen molar-refractivity contribution in [2.24, 2.45) is 17.4 Å². The zero-order valence-corrected chi connectivity index (χ0v) is 14.0. The maximum Gasteiger partial charge on any atom is 0.246 e. The minimum Gasteiger partial charge on any atom is -0.330 e. The molecule has 131 valence electrons. The van der Waals surface area contributed by atoms with Crippen LogP contribution in [0.15, 0.2) is 0 Å². The van der Waals surface area contributed by atoms with Crippen molar-refractivity contribution in [1.29, 1.82) is 0 Å². The van der Waals surface area contributed by atoms with Gasteiger partial charge in [0.25, 0.3) is 0 Å². The molecule has 0 spiro atoms. The first kappa shape index (κ1) is 19.8. The van der Waals surface area contributed by atoms with Crippen LogP contribution in [0, 0.1) is 5.92 Å². The van der Waals surface area contributed by atoms with E-state index in [1.54, 1.807) is 6.29 Å². The van der Waals surface area contributed by atoms with Gasteiger partial charge in [0.05, 0.1) is 12.6 Å². The first-order chi connectivity index (χ1) is 11.1. The van der Waals surface area contributed by atoms with Gasteiger partial charge in [-0.05, 0) is 31.7 Å². The molecule has 0 aliphatic heterocycles. The van der Waals surface area contributed by atoms with Crippen LogP contribution in [0.1, 0.15) is 64.2 Å². The summed E-state index contributed by atoms with van der Waals surface area (Å²) in [5.41, 5.74) is 11.4. The molecule has 0 aromatic carbocycles. The van der Waals surface area contributed by atoms with Gasteiger partial charge in [-0.3, -0.25) is 19.3 Å². The van der Waals surface area contributed by atoms with Crippen LogP contribution in [0.3, 0.4) is 0 Å². The Bertz CT molecular complexity index is 381. The van der Waals surface area contributed by atoms with Crippen molar-refractivity contribution >= 4 is 18.1 Å². The molecule has 0 aromatic rings. The van der Waals surface area contributed by atoms with Crippen LogP contribution in [0.2, 0.25) is 0 Å². The second-order valence-electron chi connectivity index (χ2n) is 6.41. The van der Waals surface area contributed by atoms with E-state index in [9.17, 15) is 14.4 Å². The maximum atomic E-state index is 12.4. The van der Waals surface area contributed by atoms with Crippen molar-refractivity contribution in [3.63, 3.8) is 0 Å². The summed E-state index contributed by atoms with van der Waals surface area (Å²) < 4.78 is 0. The summed E-state index contributed by atoms with van der Waals surface area (Å²) in [5.74, 6) is -0.332. The van der Waals surface area contributed by atoms with Gasteiger partial charge in [0.15, 0.2) is 0 Å². The average molecular weight is 324 g/mol. The molecular weight excluding hydrogens is 294 g/mol. The number of hydrogen-bond donors (Lipinski definition) is 2. The first-order valence-electron chi connectivity index (χ1n) is 8.75. The van der Waals surface area contributed by atoms with Crippen molar-refractivity contribution in [2.75, 3.05) is 13.1 Å². The number of hydrogen-bond acceptors (Lipinski definition) is 5. The first-order valence-corrected chi connectivity index (χ1v) is 8.75. The fraction of sp³-hybridized carbons (Fsp3) is 0.824. The summed E-state index contributed by atoms with van der Waals surface area (Å²) in [6.45, 7) is 0.262. The minimum absolute atomic E-state index is 0.240. The summed E-state index contributed by atoms with van der Waals surface area (Å²) >= 11 is 0. The SMILES string of the molecule is NCCCCCC(=O)N(C[C]=O)C(=O)[C@@H](N)CC1CCCCC1. The van der Waals surface area contributed by atoms with E-state index >= 15 is 0 Å². The van der Waals surface area contributed by atoms with Gasteiger partial charge in [0.1, 0.15) is 0 Å². The average Bonchev–Trinajstić information content (AvgIpc) is 2.56. The second-order valence-corrected chi connectivity index (χ2v) is 6.41. The minimum atomic E-state index is -0.709. The van der Waals surface area contributed by atoms with E-state index in [1.165, 1.54) is 19.3 Å². The summed E-state index contributed by atoms with van der Waals surface area (Å²) in [6, 6.07) is -0.709. The van der Waals surface area contributed by atoms with Crippen molar-refractivity contribution in [3.8, 4) is 0 Å². The van der Waals surface area contributed by atoms with E-state index in [0.717, 1.165) is 30.6 Å². The lowest BCUT2D eigenvalue weighted by Crippen LogP contribution is -2.48. The Hall–Kier alpha value is -1.27. The molecule has 0 heterocycles. The zero-order valence-electron chi connectivity index (χ0n) is 14.0. The van der Waals surface area contributed by atoms with Gasteiger partial charge >= 0.3 is 0 Å². The Morgan fingerprint density at radius 1 is 1.13 bits per heavy atom. The Morgan fingerprint density at radius 3 is 2.43 bits per heavy atom. The molecule has 6 heteroatoms. The molecule has 1 rings (SSSR count). The molecule has 0 aromatic heterocycles. The van der Waals surface area contributed by atoms with Crippen LogP contribution in [0.4, 0.5) is 0 Å². The van der Waals surface area contributed by atoms with Crippen LogP contribution in [-0.2, 0) is 14.4 Å². The van der Waals surface area contributed by atoms with Crippen LogP contribution in [-0.4, -0.2) is 42.1 Å². The van der Waals surface area contributed by atoms with E-state index < -0.39 is 11.9 Å². The van der Waals surface area contributed by atoms with E-state index in [1.807, 2.05) is 0 Å². The Morgan fingerprint density at radius 2 is 1.83 bits per heavy atom. The lowest BCUT2D eigenvalue weighted by molar-refractivity contribution is -0.145. The van der Waals surface area contributed by atoms with Crippen LogP contribution >= 0.6 is 0 Å². The van der Waals surface area contributed by atoms with Crippen LogP contribution in [0.5, 0.6) is 0 Å². The zero-order chi connectivity index (χ0) is 17.1. The molecule has 0 unspecified atom stereocenters. The highest BCUT2D eigenvalue weighted by Gasteiger charge is 2.28. The quantitative estimate of drug-likeness (QED) is 0.589. The lowest BCUT2D eigenvalue weighted by atomic mass is 9.84. The third kappa shape index (κ3) is 7.22. The monoisotopic (exact) mass is 324 g/mol. The van der Waals surface area contributed by atoms with E-state index in [0.29, 0.717) is 25.3 Å². The topological polar surface area (TPSA) is 106 Å². The summed E-state index contributed by atoms with van der Waals surface area (Å²) in [7, 11) is 0. The molecule has 1 atom stereocenters. The van der Waals surface area contributed by atoms with Gasteiger partial charge in [0, 0.05) is 6.42 Å². The number of carbonyl (C=O) groups excluding carboxylic acids is 3. The molecule has 1 aliphatic carbocycles. The second kappa shape index (κ2) is 11.3. The molecule has 2 amide bonds. The molecule has 1 aliphatic rings. The Balaban J connectivity index is 2.50. The van der Waals surface area contributed by atoms with Crippen molar-refractivity contribution in [3.05, 3.63) is 0 Å². The van der Waals surface area contributed by atoms with Gasteiger partial charge in [-0.1, -0.05) is 38.5 Å². The van der Waals surface area contributed by atoms with E-state index in [-0.39, 0.29) is 18.9 Å². The van der Waals surface area contributed by atoms with Gasteiger partial charge in [-0.15, -0.1) is 0 Å². The highest BCUT2D eigenvalue weighted by Crippen LogP contribution is 2.27. The Kier molecular flexibility index (Phi) is 9.71. The van der Waals surface area contributed by atoms with Gasteiger partial charge in [0.2, 0.25) is 18.1 Å². The van der Waals surface area contributed by atoms with E-state index in [2.05, 4.69) is 0 Å². The fourth-order valence-corrected chi connectivity index (χ4v) is 3.17. The predicted octanol–water partition coefficient (Wildman–Crippen LogP) is 1.27. The maximum absolute atomic E-state index is 12.4. The molecule has 1 fully saturated rings. The molecule has 1 radical (unpaired) electrons. The lowest BCUT2D eigenvalue weighted by Gasteiger charge is -2.27. The van der Waals surface area contributed by atoms with Crippen LogP contribution in [0.25, 0.3) is 0 Å². The van der Waals surface area contributed by atoms with Crippen molar-refractivity contribution in [2.45, 2.75) is 70.3 Å². The highest BCUT2D eigenvalue weighted by atomic mass is 16.2. The number of imide groups is 1. The number of amides is 2. The summed E-state index contributed by atoms with van der Waals surface area (Å²) in [4.78, 5) is 36.3. The van der Waals surface area contributed by atoms with Crippen LogP contribution < -0.4 is 11.5 Å². The molecule has 1 saturated carbocycles. The number of rotatable bonds is 10. The number of nitrogens with zero attached hydrogens (tertiary/aromatic N) is 1. The third-order valence-corrected chi connectivity index (χ3v) is 4.51. The summed E-state index contributed by atoms with van der Waals surface area (Å²) in [6.07, 6.45) is 10.6. The third-order valence-electron chi connectivity index (χ3n) is 4.51. The normalized spacial score (nSPS) is 16.8. The highest BCUT2D eigenvalue weighted by molar-refractivity contribution is 5.99. The number of carbonyl (C=O) groups is 2. The molecular formula is C17H30N3O3. The van der Waals surface area contributed by atoms with Crippen molar-refractivity contribution < 1.29 is 14.4 Å². The smallest absolute Gasteiger partial charge is 0.246 e. The number of unbranched alkanes of at least 4 members (excludes halogenated alkanes) is 2. The van der Waals surface area contributed by atoms with Gasteiger partial charge < -0.3 is 11.5 Å². The van der Waals surface area contributed by atoms with Gasteiger partial charge in [-0.2, -0.15) is 0 Å². The molecule has 6 nitrogen and oxygen atoms in total. The molecule has 23 heavy (non-hydrogen) atoms. The predicted molar refractivity (Wildman–Crippen MR) is 89.1 cm³/mol.